The number of rotatable bonds is 3. The number of hydrogen-bond donors (Lipinski definition) is 1. The van der Waals surface area contributed by atoms with Crippen molar-refractivity contribution in [3.8, 4) is 0 Å². The van der Waals surface area contributed by atoms with E-state index >= 15 is 0 Å². The summed E-state index contributed by atoms with van der Waals surface area (Å²) in [5.74, 6) is 3.26. The Balaban J connectivity index is 2.20. The lowest BCUT2D eigenvalue weighted by atomic mass is 9.76. The van der Waals surface area contributed by atoms with Gasteiger partial charge in [0.05, 0.1) is 9.26 Å². The smallest absolute Gasteiger partial charge is 0.264 e. The van der Waals surface area contributed by atoms with Crippen LogP contribution in [0.15, 0.2) is 4.79 Å². The summed E-state index contributed by atoms with van der Waals surface area (Å²) in [5, 5.41) is 0. The van der Waals surface area contributed by atoms with E-state index in [0.717, 1.165) is 39.8 Å². The molecule has 1 aliphatic carbocycles. The first-order chi connectivity index (χ1) is 9.40. The minimum Gasteiger partial charge on any atom is -0.309 e. The van der Waals surface area contributed by atoms with E-state index in [4.69, 9.17) is 4.98 Å². The molecule has 0 radical (unpaired) electrons. The third kappa shape index (κ3) is 3.43. The zero-order valence-corrected chi connectivity index (χ0v) is 15.0. The second kappa shape index (κ2) is 6.58. The fourth-order valence-electron chi connectivity index (χ4n) is 3.13. The molecule has 0 unspecified atom stereocenters. The first-order valence-corrected chi connectivity index (χ1v) is 8.77. The van der Waals surface area contributed by atoms with E-state index < -0.39 is 0 Å². The maximum absolute atomic E-state index is 12.1. The van der Waals surface area contributed by atoms with Gasteiger partial charge in [0.2, 0.25) is 0 Å². The van der Waals surface area contributed by atoms with Crippen LogP contribution in [0.5, 0.6) is 0 Å². The number of nitrogens with zero attached hydrogens (tertiary/aromatic N) is 1. The van der Waals surface area contributed by atoms with E-state index in [1.54, 1.807) is 0 Å². The molecule has 1 heterocycles. The first-order valence-electron chi connectivity index (χ1n) is 7.69. The molecule has 0 aliphatic heterocycles. The maximum atomic E-state index is 12.1. The average molecular weight is 388 g/mol. The van der Waals surface area contributed by atoms with Crippen molar-refractivity contribution in [1.29, 1.82) is 0 Å². The van der Waals surface area contributed by atoms with Crippen LogP contribution in [0.1, 0.15) is 76.7 Å². The van der Waals surface area contributed by atoms with Gasteiger partial charge in [-0.05, 0) is 66.0 Å². The molecule has 0 atom stereocenters. The SMILES string of the molecule is CC(C)c1nc(C2CCC(C(C)C)CC2)[nH]c(=O)c1I. The Hall–Kier alpha value is -0.390. The van der Waals surface area contributed by atoms with Crippen LogP contribution in [0.25, 0.3) is 0 Å². The first kappa shape index (κ1) is 16.0. The van der Waals surface area contributed by atoms with Gasteiger partial charge in [-0.15, -0.1) is 0 Å². The Morgan fingerprint density at radius 1 is 1.15 bits per heavy atom. The van der Waals surface area contributed by atoms with Crippen molar-refractivity contribution < 1.29 is 0 Å². The molecule has 1 fully saturated rings. The van der Waals surface area contributed by atoms with Crippen LogP contribution in [0.3, 0.4) is 0 Å². The Morgan fingerprint density at radius 2 is 1.75 bits per heavy atom. The van der Waals surface area contributed by atoms with Gasteiger partial charge in [0.1, 0.15) is 5.82 Å². The molecular weight excluding hydrogens is 363 g/mol. The standard InChI is InChI=1S/C16H25IN2O/c1-9(2)11-5-7-12(8-6-11)15-18-14(10(3)4)13(17)16(20)19-15/h9-12H,5-8H2,1-4H3,(H,18,19,20). The fourth-order valence-corrected chi connectivity index (χ4v) is 4.01. The van der Waals surface area contributed by atoms with Gasteiger partial charge in [0.15, 0.2) is 0 Å². The minimum absolute atomic E-state index is 0.0327. The highest BCUT2D eigenvalue weighted by atomic mass is 127. The van der Waals surface area contributed by atoms with Crippen LogP contribution < -0.4 is 5.56 Å². The molecule has 0 amide bonds. The van der Waals surface area contributed by atoms with Crippen molar-refractivity contribution >= 4 is 22.6 Å². The predicted octanol–water partition coefficient (Wildman–Crippen LogP) is 4.43. The predicted molar refractivity (Wildman–Crippen MR) is 91.2 cm³/mol. The van der Waals surface area contributed by atoms with Crippen LogP contribution in [-0.2, 0) is 0 Å². The van der Waals surface area contributed by atoms with E-state index in [-0.39, 0.29) is 5.56 Å². The summed E-state index contributed by atoms with van der Waals surface area (Å²) in [7, 11) is 0. The maximum Gasteiger partial charge on any atom is 0.264 e. The van der Waals surface area contributed by atoms with Crippen LogP contribution in [0, 0.1) is 15.4 Å². The normalized spacial score (nSPS) is 23.6. The molecule has 0 spiro atoms. The fraction of sp³-hybridized carbons (Fsp3) is 0.750. The van der Waals surface area contributed by atoms with Crippen LogP contribution in [0.2, 0.25) is 0 Å². The third-order valence-corrected chi connectivity index (χ3v) is 5.60. The van der Waals surface area contributed by atoms with Gasteiger partial charge >= 0.3 is 0 Å². The van der Waals surface area contributed by atoms with E-state index in [2.05, 4.69) is 55.3 Å². The van der Waals surface area contributed by atoms with E-state index in [1.165, 1.54) is 12.8 Å². The van der Waals surface area contributed by atoms with Crippen molar-refractivity contribution in [2.24, 2.45) is 11.8 Å². The van der Waals surface area contributed by atoms with Crippen molar-refractivity contribution in [2.45, 2.75) is 65.2 Å². The molecule has 1 saturated carbocycles. The van der Waals surface area contributed by atoms with E-state index in [9.17, 15) is 4.79 Å². The number of halogens is 1. The molecule has 4 heteroatoms. The summed E-state index contributed by atoms with van der Waals surface area (Å²) in [6, 6.07) is 0. The molecular formula is C16H25IN2O. The summed E-state index contributed by atoms with van der Waals surface area (Å²) < 4.78 is 0.747. The van der Waals surface area contributed by atoms with Crippen molar-refractivity contribution in [3.63, 3.8) is 0 Å². The monoisotopic (exact) mass is 388 g/mol. The van der Waals surface area contributed by atoms with Crippen molar-refractivity contribution in [3.05, 3.63) is 25.4 Å². The van der Waals surface area contributed by atoms with Gasteiger partial charge in [-0.1, -0.05) is 27.7 Å². The highest BCUT2D eigenvalue weighted by molar-refractivity contribution is 14.1. The minimum atomic E-state index is 0.0327. The molecule has 20 heavy (non-hydrogen) atoms. The lowest BCUT2D eigenvalue weighted by Crippen LogP contribution is -2.24. The molecule has 112 valence electrons. The quantitative estimate of drug-likeness (QED) is 0.779. The summed E-state index contributed by atoms with van der Waals surface area (Å²) in [4.78, 5) is 19.9. The number of nitrogens with one attached hydrogen (secondary N) is 1. The van der Waals surface area contributed by atoms with Gasteiger partial charge in [-0.3, -0.25) is 4.79 Å². The molecule has 1 aromatic rings. The van der Waals surface area contributed by atoms with Crippen molar-refractivity contribution in [2.75, 3.05) is 0 Å². The molecule has 1 N–H and O–H groups in total. The highest BCUT2D eigenvalue weighted by Crippen LogP contribution is 2.37. The van der Waals surface area contributed by atoms with Gasteiger partial charge in [0.25, 0.3) is 5.56 Å². The third-order valence-electron chi connectivity index (χ3n) is 4.55. The second-order valence-electron chi connectivity index (χ2n) is 6.66. The van der Waals surface area contributed by atoms with Gasteiger partial charge in [0, 0.05) is 5.92 Å². The second-order valence-corrected chi connectivity index (χ2v) is 7.74. The largest absolute Gasteiger partial charge is 0.309 e. The molecule has 1 aliphatic rings. The zero-order chi connectivity index (χ0) is 14.9. The van der Waals surface area contributed by atoms with Crippen molar-refractivity contribution in [1.82, 2.24) is 9.97 Å². The summed E-state index contributed by atoms with van der Waals surface area (Å²) in [6.07, 6.45) is 4.83. The van der Waals surface area contributed by atoms with Crippen LogP contribution >= 0.6 is 22.6 Å². The number of aromatic amines is 1. The average Bonchev–Trinajstić information content (AvgIpc) is 2.41. The topological polar surface area (TPSA) is 45.8 Å². The van der Waals surface area contributed by atoms with Gasteiger partial charge in [-0.25, -0.2) is 4.98 Å². The summed E-state index contributed by atoms with van der Waals surface area (Å²) >= 11 is 2.11. The Morgan fingerprint density at radius 3 is 2.25 bits per heavy atom. The molecule has 1 aromatic heterocycles. The van der Waals surface area contributed by atoms with Crippen LogP contribution in [-0.4, -0.2) is 9.97 Å². The van der Waals surface area contributed by atoms with Gasteiger partial charge in [-0.2, -0.15) is 0 Å². The molecule has 0 aromatic carbocycles. The van der Waals surface area contributed by atoms with Gasteiger partial charge < -0.3 is 4.98 Å². The lowest BCUT2D eigenvalue weighted by Gasteiger charge is -2.30. The number of hydrogen-bond acceptors (Lipinski definition) is 2. The Kier molecular flexibility index (Phi) is 5.26. The lowest BCUT2D eigenvalue weighted by molar-refractivity contribution is 0.254. The summed E-state index contributed by atoms with van der Waals surface area (Å²) in [5.41, 5.74) is 0.987. The summed E-state index contributed by atoms with van der Waals surface area (Å²) in [6.45, 7) is 8.83. The molecule has 3 nitrogen and oxygen atoms in total. The van der Waals surface area contributed by atoms with E-state index in [0.29, 0.717) is 11.8 Å². The molecule has 0 saturated heterocycles. The molecule has 2 rings (SSSR count). The number of aromatic nitrogens is 2. The highest BCUT2D eigenvalue weighted by Gasteiger charge is 2.26. The number of H-pyrrole nitrogens is 1. The van der Waals surface area contributed by atoms with Crippen LogP contribution in [0.4, 0.5) is 0 Å². The Bertz CT molecular complexity index is 514. The van der Waals surface area contributed by atoms with E-state index in [1.807, 2.05) is 0 Å². The zero-order valence-electron chi connectivity index (χ0n) is 12.9. The Labute approximate surface area is 135 Å². The molecule has 0 bridgehead atoms.